The Bertz CT molecular complexity index is 1030. The molecule has 2 aromatic rings. The molecular formula is C18H22N3O4S2+. The van der Waals surface area contributed by atoms with E-state index >= 15 is 0 Å². The van der Waals surface area contributed by atoms with Crippen LogP contribution in [-0.2, 0) is 20.0 Å². The minimum Gasteiger partial charge on any atom is -0.286 e. The first-order valence-electron chi connectivity index (χ1n) is 8.68. The van der Waals surface area contributed by atoms with E-state index in [-0.39, 0.29) is 0 Å². The SMILES string of the molecule is CC[NH+]1[C@H]2c3ccccc3N(S(C)(=O)=O)[C@@H]1c1ccccc1N2S(C)(=O)=O. The monoisotopic (exact) mass is 408 g/mol. The van der Waals surface area contributed by atoms with Gasteiger partial charge in [0.05, 0.1) is 41.6 Å². The van der Waals surface area contributed by atoms with Crippen molar-refractivity contribution < 1.29 is 21.7 Å². The maximum Gasteiger partial charge on any atom is 0.237 e. The first kappa shape index (κ1) is 18.3. The zero-order valence-electron chi connectivity index (χ0n) is 15.3. The zero-order valence-corrected chi connectivity index (χ0v) is 17.0. The lowest BCUT2D eigenvalue weighted by atomic mass is 9.96. The molecule has 2 bridgehead atoms. The number of nitrogens with one attached hydrogen (secondary N) is 1. The highest BCUT2D eigenvalue weighted by Crippen LogP contribution is 2.46. The van der Waals surface area contributed by atoms with Crippen LogP contribution in [0.2, 0.25) is 0 Å². The summed E-state index contributed by atoms with van der Waals surface area (Å²) in [5.74, 6) is 0. The summed E-state index contributed by atoms with van der Waals surface area (Å²) in [5.41, 5.74) is 2.46. The van der Waals surface area contributed by atoms with Gasteiger partial charge in [0.25, 0.3) is 0 Å². The highest BCUT2D eigenvalue weighted by atomic mass is 32.2. The van der Waals surface area contributed by atoms with Gasteiger partial charge in [-0.15, -0.1) is 0 Å². The van der Waals surface area contributed by atoms with Crippen molar-refractivity contribution in [2.75, 3.05) is 27.7 Å². The predicted molar refractivity (Wildman–Crippen MR) is 105 cm³/mol. The third-order valence-corrected chi connectivity index (χ3v) is 7.48. The van der Waals surface area contributed by atoms with Gasteiger partial charge < -0.3 is 0 Å². The number of para-hydroxylation sites is 2. The molecule has 0 saturated heterocycles. The summed E-state index contributed by atoms with van der Waals surface area (Å²) in [4.78, 5) is 0.864. The van der Waals surface area contributed by atoms with Gasteiger partial charge in [-0.3, -0.25) is 4.90 Å². The number of quaternary nitrogens is 1. The summed E-state index contributed by atoms with van der Waals surface area (Å²) < 4.78 is 54.0. The molecule has 0 aliphatic carbocycles. The molecule has 2 heterocycles. The summed E-state index contributed by atoms with van der Waals surface area (Å²) in [6.07, 6.45) is 1.37. The van der Waals surface area contributed by atoms with E-state index < -0.39 is 32.4 Å². The van der Waals surface area contributed by atoms with Crippen molar-refractivity contribution in [3.8, 4) is 0 Å². The number of hydrogen-bond donors (Lipinski definition) is 1. The zero-order chi connectivity index (χ0) is 19.6. The minimum atomic E-state index is -3.58. The largest absolute Gasteiger partial charge is 0.286 e. The quantitative estimate of drug-likeness (QED) is 0.817. The van der Waals surface area contributed by atoms with Crippen LogP contribution in [0.5, 0.6) is 0 Å². The Balaban J connectivity index is 2.14. The molecule has 2 atom stereocenters. The van der Waals surface area contributed by atoms with Crippen LogP contribution in [-0.4, -0.2) is 35.9 Å². The number of fused-ring (bicyclic) bond motifs is 6. The van der Waals surface area contributed by atoms with E-state index in [1.165, 1.54) is 21.1 Å². The molecule has 4 rings (SSSR count). The number of anilines is 2. The molecule has 7 nitrogen and oxygen atoms in total. The van der Waals surface area contributed by atoms with Gasteiger partial charge in [0.1, 0.15) is 0 Å². The van der Waals surface area contributed by atoms with Crippen molar-refractivity contribution in [3.05, 3.63) is 59.7 Å². The van der Waals surface area contributed by atoms with Gasteiger partial charge >= 0.3 is 0 Å². The van der Waals surface area contributed by atoms with Crippen LogP contribution in [0, 0.1) is 0 Å². The molecule has 27 heavy (non-hydrogen) atoms. The van der Waals surface area contributed by atoms with Gasteiger partial charge in [0.15, 0.2) is 0 Å². The second-order valence-electron chi connectivity index (χ2n) is 6.97. The lowest BCUT2D eigenvalue weighted by Crippen LogP contribution is -3.17. The van der Waals surface area contributed by atoms with Gasteiger partial charge in [-0.05, 0) is 31.2 Å². The smallest absolute Gasteiger partial charge is 0.237 e. The van der Waals surface area contributed by atoms with Gasteiger partial charge in [-0.1, -0.05) is 24.3 Å². The van der Waals surface area contributed by atoms with Crippen LogP contribution in [0.15, 0.2) is 48.5 Å². The fourth-order valence-electron chi connectivity index (χ4n) is 4.35. The minimum absolute atomic E-state index is 0.515. The fraction of sp³-hybridized carbons (Fsp3) is 0.333. The molecule has 2 aliphatic heterocycles. The molecule has 0 unspecified atom stereocenters. The van der Waals surface area contributed by atoms with E-state index in [0.29, 0.717) is 29.0 Å². The van der Waals surface area contributed by atoms with Crippen molar-refractivity contribution in [3.63, 3.8) is 0 Å². The van der Waals surface area contributed by atoms with E-state index in [1.807, 2.05) is 31.2 Å². The third-order valence-electron chi connectivity index (χ3n) is 5.23. The van der Waals surface area contributed by atoms with Crippen LogP contribution in [0.25, 0.3) is 0 Å². The number of rotatable bonds is 3. The number of hydrogen-bond acceptors (Lipinski definition) is 4. The van der Waals surface area contributed by atoms with Crippen molar-refractivity contribution in [1.82, 2.24) is 0 Å². The second kappa shape index (κ2) is 5.95. The topological polar surface area (TPSA) is 79.2 Å². The first-order chi connectivity index (χ1) is 12.7. The molecule has 0 radical (unpaired) electrons. The van der Waals surface area contributed by atoms with Crippen molar-refractivity contribution in [2.24, 2.45) is 0 Å². The van der Waals surface area contributed by atoms with Gasteiger partial charge in [-0.2, -0.15) is 0 Å². The van der Waals surface area contributed by atoms with Crippen LogP contribution >= 0.6 is 0 Å². The van der Waals surface area contributed by atoms with Crippen molar-refractivity contribution in [2.45, 2.75) is 19.3 Å². The predicted octanol–water partition coefficient (Wildman–Crippen LogP) is 0.848. The third kappa shape index (κ3) is 2.64. The standard InChI is InChI=1S/C18H21N3O4S2/c1-4-19-17-14-10-6-8-12-16(14)21(27(3,24)25)18(19)13-9-5-7-11-15(13)20(17)26(2,22)23/h5-12,17-18H,4H2,1-3H3/p+1/t17-,18-/m1/s1. The number of benzene rings is 2. The molecule has 2 aliphatic rings. The summed E-state index contributed by atoms with van der Waals surface area (Å²) in [6.45, 7) is 2.51. The van der Waals surface area contributed by atoms with E-state index in [4.69, 9.17) is 0 Å². The van der Waals surface area contributed by atoms with E-state index in [0.717, 1.165) is 4.90 Å². The summed E-state index contributed by atoms with van der Waals surface area (Å²) in [7, 11) is -7.17. The summed E-state index contributed by atoms with van der Waals surface area (Å²) in [5, 5.41) is 0. The summed E-state index contributed by atoms with van der Waals surface area (Å²) in [6, 6.07) is 14.3. The average Bonchev–Trinajstić information content (AvgIpc) is 2.59. The Morgan fingerprint density at radius 1 is 0.778 bits per heavy atom. The lowest BCUT2D eigenvalue weighted by Gasteiger charge is -2.52. The van der Waals surface area contributed by atoms with Crippen LogP contribution in [0.4, 0.5) is 11.4 Å². The Kier molecular flexibility index (Phi) is 4.03. The Labute approximate surface area is 159 Å². The average molecular weight is 409 g/mol. The fourth-order valence-corrected chi connectivity index (χ4v) is 6.66. The molecule has 0 aromatic heterocycles. The Morgan fingerprint density at radius 2 is 1.15 bits per heavy atom. The molecule has 0 saturated carbocycles. The van der Waals surface area contributed by atoms with Gasteiger partial charge in [0, 0.05) is 0 Å². The highest BCUT2D eigenvalue weighted by Gasteiger charge is 2.55. The summed E-state index contributed by atoms with van der Waals surface area (Å²) >= 11 is 0. The normalized spacial score (nSPS) is 24.3. The lowest BCUT2D eigenvalue weighted by molar-refractivity contribution is -0.960. The number of nitrogens with zero attached hydrogens (tertiary/aromatic N) is 2. The maximum absolute atomic E-state index is 12.8. The highest BCUT2D eigenvalue weighted by molar-refractivity contribution is 7.92. The van der Waals surface area contributed by atoms with Crippen LogP contribution < -0.4 is 13.5 Å². The van der Waals surface area contributed by atoms with Crippen molar-refractivity contribution in [1.29, 1.82) is 0 Å². The molecule has 2 aromatic carbocycles. The molecular weight excluding hydrogens is 386 g/mol. The maximum atomic E-state index is 12.8. The molecule has 0 spiro atoms. The molecule has 0 amide bonds. The second-order valence-corrected chi connectivity index (χ2v) is 10.7. The molecule has 9 heteroatoms. The first-order valence-corrected chi connectivity index (χ1v) is 12.4. The molecule has 1 N–H and O–H groups in total. The molecule has 144 valence electrons. The van der Waals surface area contributed by atoms with Crippen molar-refractivity contribution >= 4 is 31.4 Å². The van der Waals surface area contributed by atoms with Gasteiger partial charge in [0.2, 0.25) is 32.4 Å². The Morgan fingerprint density at radius 3 is 1.48 bits per heavy atom. The van der Waals surface area contributed by atoms with E-state index in [1.54, 1.807) is 24.3 Å². The Hall–Kier alpha value is -2.10. The van der Waals surface area contributed by atoms with E-state index in [9.17, 15) is 16.8 Å². The van der Waals surface area contributed by atoms with Gasteiger partial charge in [-0.25, -0.2) is 25.4 Å². The number of sulfonamides is 2. The van der Waals surface area contributed by atoms with E-state index in [2.05, 4.69) is 0 Å². The molecule has 0 fully saturated rings. The van der Waals surface area contributed by atoms with Crippen LogP contribution in [0.3, 0.4) is 0 Å². The van der Waals surface area contributed by atoms with Crippen LogP contribution in [0.1, 0.15) is 30.4 Å².